The first kappa shape index (κ1) is 14.3. The fourth-order valence-corrected chi connectivity index (χ4v) is 2.57. The normalized spacial score (nSPS) is 15.9. The predicted octanol–water partition coefficient (Wildman–Crippen LogP) is 1.69. The maximum absolute atomic E-state index is 10.7. The Morgan fingerprint density at radius 2 is 2.25 bits per heavy atom. The first-order chi connectivity index (χ1) is 9.60. The van der Waals surface area contributed by atoms with Gasteiger partial charge in [0.05, 0.1) is 0 Å². The summed E-state index contributed by atoms with van der Waals surface area (Å²) in [7, 11) is 0. The molecule has 0 spiro atoms. The fraction of sp³-hybridized carbons (Fsp3) is 0.500. The molecule has 1 aliphatic heterocycles. The van der Waals surface area contributed by atoms with Crippen molar-refractivity contribution in [1.29, 1.82) is 0 Å². The van der Waals surface area contributed by atoms with Gasteiger partial charge >= 0.3 is 6.09 Å². The van der Waals surface area contributed by atoms with Gasteiger partial charge in [0.25, 0.3) is 0 Å². The Labute approximate surface area is 117 Å². The molecule has 108 valence electrons. The second kappa shape index (κ2) is 6.36. The van der Waals surface area contributed by atoms with Gasteiger partial charge in [-0.15, -0.1) is 0 Å². The van der Waals surface area contributed by atoms with Gasteiger partial charge in [-0.1, -0.05) is 0 Å². The number of pyridine rings is 1. The molecular formula is C14H19N3O3. The zero-order valence-corrected chi connectivity index (χ0v) is 11.5. The van der Waals surface area contributed by atoms with Crippen LogP contribution in [0.5, 0.6) is 0 Å². The summed E-state index contributed by atoms with van der Waals surface area (Å²) in [5.41, 5.74) is 1.59. The largest absolute Gasteiger partial charge is 0.465 e. The van der Waals surface area contributed by atoms with Gasteiger partial charge < -0.3 is 15.3 Å². The molecule has 1 aliphatic rings. The minimum absolute atomic E-state index is 0.386. The van der Waals surface area contributed by atoms with Crippen LogP contribution in [0.15, 0.2) is 12.3 Å². The van der Waals surface area contributed by atoms with Crippen LogP contribution in [0.25, 0.3) is 0 Å². The van der Waals surface area contributed by atoms with Crippen LogP contribution in [-0.2, 0) is 0 Å². The summed E-state index contributed by atoms with van der Waals surface area (Å²) >= 11 is 0. The molecule has 6 heteroatoms. The van der Waals surface area contributed by atoms with Crippen molar-refractivity contribution in [1.82, 2.24) is 10.3 Å². The van der Waals surface area contributed by atoms with Crippen molar-refractivity contribution >= 4 is 18.2 Å². The molecular weight excluding hydrogens is 258 g/mol. The molecule has 0 unspecified atom stereocenters. The van der Waals surface area contributed by atoms with Crippen molar-refractivity contribution in [3.05, 3.63) is 23.4 Å². The molecule has 2 rings (SSSR count). The lowest BCUT2D eigenvalue weighted by molar-refractivity contribution is 0.112. The predicted molar refractivity (Wildman–Crippen MR) is 75.3 cm³/mol. The highest BCUT2D eigenvalue weighted by molar-refractivity contribution is 5.75. The van der Waals surface area contributed by atoms with Crippen molar-refractivity contribution < 1.29 is 14.7 Å². The average Bonchev–Trinajstić information content (AvgIpc) is 2.45. The van der Waals surface area contributed by atoms with E-state index in [1.165, 1.54) is 0 Å². The smallest absolute Gasteiger partial charge is 0.404 e. The lowest BCUT2D eigenvalue weighted by Crippen LogP contribution is -2.39. The number of anilines is 1. The number of carboxylic acid groups (broad SMARTS) is 1. The van der Waals surface area contributed by atoms with Crippen LogP contribution >= 0.6 is 0 Å². The molecule has 1 fully saturated rings. The van der Waals surface area contributed by atoms with Crippen molar-refractivity contribution in [2.75, 3.05) is 24.5 Å². The summed E-state index contributed by atoms with van der Waals surface area (Å²) in [5.74, 6) is 1.30. The Kier molecular flexibility index (Phi) is 4.55. The summed E-state index contributed by atoms with van der Waals surface area (Å²) in [6.07, 6.45) is 3.31. The molecule has 1 aromatic heterocycles. The SMILES string of the molecule is Cc1cc(C=O)cnc1N1CCC(CNC(=O)O)CC1. The van der Waals surface area contributed by atoms with Crippen molar-refractivity contribution in [3.63, 3.8) is 0 Å². The fourth-order valence-electron chi connectivity index (χ4n) is 2.57. The van der Waals surface area contributed by atoms with Crippen molar-refractivity contribution in [2.45, 2.75) is 19.8 Å². The number of hydrogen-bond acceptors (Lipinski definition) is 4. The van der Waals surface area contributed by atoms with Gasteiger partial charge in [0, 0.05) is 31.4 Å². The zero-order valence-electron chi connectivity index (χ0n) is 11.5. The summed E-state index contributed by atoms with van der Waals surface area (Å²) in [4.78, 5) is 27.7. The number of hydrogen-bond donors (Lipinski definition) is 2. The standard InChI is InChI=1S/C14H19N3O3/c1-10-6-12(9-18)8-15-13(10)17-4-2-11(3-5-17)7-16-14(19)20/h6,8-9,11,16H,2-5,7H2,1H3,(H,19,20). The minimum atomic E-state index is -0.964. The molecule has 0 radical (unpaired) electrons. The van der Waals surface area contributed by atoms with E-state index in [4.69, 9.17) is 5.11 Å². The van der Waals surface area contributed by atoms with Crippen LogP contribution in [-0.4, -0.2) is 42.1 Å². The molecule has 1 amide bonds. The van der Waals surface area contributed by atoms with E-state index in [2.05, 4.69) is 15.2 Å². The lowest BCUT2D eigenvalue weighted by atomic mass is 9.96. The molecule has 1 saturated heterocycles. The number of amides is 1. The number of carbonyl (C=O) groups excluding carboxylic acids is 1. The number of nitrogens with zero attached hydrogens (tertiary/aromatic N) is 2. The molecule has 2 heterocycles. The molecule has 20 heavy (non-hydrogen) atoms. The Balaban J connectivity index is 1.93. The first-order valence-electron chi connectivity index (χ1n) is 6.73. The highest BCUT2D eigenvalue weighted by atomic mass is 16.4. The Bertz CT molecular complexity index is 496. The molecule has 6 nitrogen and oxygen atoms in total. The quantitative estimate of drug-likeness (QED) is 0.818. The summed E-state index contributed by atoms with van der Waals surface area (Å²) in [6.45, 7) is 4.19. The van der Waals surface area contributed by atoms with Crippen molar-refractivity contribution in [2.24, 2.45) is 5.92 Å². The van der Waals surface area contributed by atoms with Gasteiger partial charge in [-0.25, -0.2) is 9.78 Å². The third-order valence-corrected chi connectivity index (χ3v) is 3.66. The molecule has 0 aromatic carbocycles. The molecule has 0 bridgehead atoms. The number of aromatic nitrogens is 1. The second-order valence-electron chi connectivity index (χ2n) is 5.14. The number of aldehydes is 1. The van der Waals surface area contributed by atoms with Crippen molar-refractivity contribution in [3.8, 4) is 0 Å². The van der Waals surface area contributed by atoms with Crippen LogP contribution in [0, 0.1) is 12.8 Å². The summed E-state index contributed by atoms with van der Waals surface area (Å²) in [5, 5.41) is 11.0. The van der Waals surface area contributed by atoms with E-state index in [1.807, 2.05) is 13.0 Å². The zero-order chi connectivity index (χ0) is 14.5. The highest BCUT2D eigenvalue weighted by Crippen LogP contribution is 2.24. The molecule has 0 saturated carbocycles. The van der Waals surface area contributed by atoms with E-state index in [1.54, 1.807) is 6.20 Å². The maximum atomic E-state index is 10.7. The molecule has 2 N–H and O–H groups in total. The number of nitrogens with one attached hydrogen (secondary N) is 1. The van der Waals surface area contributed by atoms with E-state index in [-0.39, 0.29) is 0 Å². The number of piperidine rings is 1. The average molecular weight is 277 g/mol. The minimum Gasteiger partial charge on any atom is -0.465 e. The highest BCUT2D eigenvalue weighted by Gasteiger charge is 2.21. The van der Waals surface area contributed by atoms with E-state index in [0.29, 0.717) is 18.0 Å². The number of rotatable bonds is 4. The monoisotopic (exact) mass is 277 g/mol. The van der Waals surface area contributed by atoms with Gasteiger partial charge in [-0.3, -0.25) is 4.79 Å². The third-order valence-electron chi connectivity index (χ3n) is 3.66. The van der Waals surface area contributed by atoms with Gasteiger partial charge in [0.2, 0.25) is 0 Å². The third kappa shape index (κ3) is 3.46. The van der Waals surface area contributed by atoms with E-state index in [0.717, 1.165) is 43.6 Å². The van der Waals surface area contributed by atoms with Crippen LogP contribution in [0.2, 0.25) is 0 Å². The van der Waals surface area contributed by atoms with Crippen LogP contribution in [0.4, 0.5) is 10.6 Å². The second-order valence-corrected chi connectivity index (χ2v) is 5.14. The number of aryl methyl sites for hydroxylation is 1. The van der Waals surface area contributed by atoms with Crippen LogP contribution in [0.1, 0.15) is 28.8 Å². The summed E-state index contributed by atoms with van der Waals surface area (Å²) < 4.78 is 0. The van der Waals surface area contributed by atoms with Gasteiger partial charge in [-0.2, -0.15) is 0 Å². The number of carbonyl (C=O) groups is 2. The summed E-state index contributed by atoms with van der Waals surface area (Å²) in [6, 6.07) is 1.84. The Hall–Kier alpha value is -2.11. The maximum Gasteiger partial charge on any atom is 0.404 e. The lowest BCUT2D eigenvalue weighted by Gasteiger charge is -2.33. The van der Waals surface area contributed by atoms with Gasteiger partial charge in [-0.05, 0) is 37.3 Å². The van der Waals surface area contributed by atoms with Crippen LogP contribution < -0.4 is 10.2 Å². The molecule has 0 aliphatic carbocycles. The molecule has 0 atom stereocenters. The van der Waals surface area contributed by atoms with Gasteiger partial charge in [0.1, 0.15) is 5.82 Å². The van der Waals surface area contributed by atoms with Gasteiger partial charge in [0.15, 0.2) is 6.29 Å². The first-order valence-corrected chi connectivity index (χ1v) is 6.73. The topological polar surface area (TPSA) is 82.5 Å². The van der Waals surface area contributed by atoms with E-state index in [9.17, 15) is 9.59 Å². The van der Waals surface area contributed by atoms with Crippen LogP contribution in [0.3, 0.4) is 0 Å². The van der Waals surface area contributed by atoms with E-state index < -0.39 is 6.09 Å². The van der Waals surface area contributed by atoms with E-state index >= 15 is 0 Å². The Morgan fingerprint density at radius 1 is 1.55 bits per heavy atom. The Morgan fingerprint density at radius 3 is 2.80 bits per heavy atom. The molecule has 1 aromatic rings.